The molecule has 0 spiro atoms. The van der Waals surface area contributed by atoms with Gasteiger partial charge in [0.25, 0.3) is 5.91 Å². The fraction of sp³-hybridized carbons (Fsp3) is 0.364. The van der Waals surface area contributed by atoms with Crippen molar-refractivity contribution >= 4 is 11.9 Å². The number of benzene rings is 2. The van der Waals surface area contributed by atoms with E-state index >= 15 is 0 Å². The van der Waals surface area contributed by atoms with Crippen LogP contribution >= 0.6 is 0 Å². The molecule has 0 bridgehead atoms. The summed E-state index contributed by atoms with van der Waals surface area (Å²) in [4.78, 5) is 23.1. The Labute approximate surface area is 169 Å². The van der Waals surface area contributed by atoms with Crippen LogP contribution in [0.25, 0.3) is 0 Å². The molecule has 1 amide bonds. The summed E-state index contributed by atoms with van der Waals surface area (Å²) in [5.41, 5.74) is 1.29. The normalized spacial score (nSPS) is 13.7. The summed E-state index contributed by atoms with van der Waals surface area (Å²) in [5, 5.41) is 11.5. The molecule has 2 N–H and O–H groups in total. The molecule has 1 saturated carbocycles. The average Bonchev–Trinajstić information content (AvgIpc) is 3.24. The van der Waals surface area contributed by atoms with Gasteiger partial charge in [-0.25, -0.2) is 4.79 Å². The first-order chi connectivity index (χ1) is 14.0. The highest BCUT2D eigenvalue weighted by Crippen LogP contribution is 2.32. The molecule has 3 rings (SSSR count). The van der Waals surface area contributed by atoms with E-state index in [-0.39, 0.29) is 12.0 Å². The fourth-order valence-corrected chi connectivity index (χ4v) is 3.27. The number of ether oxygens (including phenoxy) is 3. The minimum absolute atomic E-state index is 0.210. The Morgan fingerprint density at radius 3 is 2.62 bits per heavy atom. The van der Waals surface area contributed by atoms with Gasteiger partial charge in [-0.05, 0) is 61.6 Å². The zero-order valence-corrected chi connectivity index (χ0v) is 16.3. The molecule has 1 aliphatic rings. The van der Waals surface area contributed by atoms with Crippen molar-refractivity contribution in [3.8, 4) is 17.2 Å². The molecule has 0 heterocycles. The lowest BCUT2D eigenvalue weighted by Gasteiger charge is -2.17. The first-order valence-corrected chi connectivity index (χ1v) is 9.61. The zero-order chi connectivity index (χ0) is 20.6. The largest absolute Gasteiger partial charge is 0.493 e. The predicted molar refractivity (Wildman–Crippen MR) is 107 cm³/mol. The van der Waals surface area contributed by atoms with Crippen molar-refractivity contribution in [2.24, 2.45) is 0 Å². The number of hydrogen-bond acceptors (Lipinski definition) is 5. The van der Waals surface area contributed by atoms with Gasteiger partial charge in [0.15, 0.2) is 18.1 Å². The molecule has 0 saturated heterocycles. The molecule has 154 valence electrons. The molecule has 2 aromatic carbocycles. The summed E-state index contributed by atoms with van der Waals surface area (Å²) >= 11 is 0. The second kappa shape index (κ2) is 9.82. The van der Waals surface area contributed by atoms with Crippen molar-refractivity contribution in [3.63, 3.8) is 0 Å². The lowest BCUT2D eigenvalue weighted by Crippen LogP contribution is -2.23. The van der Waals surface area contributed by atoms with Crippen LogP contribution in [0.1, 0.15) is 41.6 Å². The van der Waals surface area contributed by atoms with Crippen molar-refractivity contribution in [2.75, 3.05) is 13.7 Å². The van der Waals surface area contributed by atoms with Crippen LogP contribution < -0.4 is 19.5 Å². The number of carbonyl (C=O) groups excluding carboxylic acids is 1. The van der Waals surface area contributed by atoms with Crippen molar-refractivity contribution in [2.45, 2.75) is 38.3 Å². The molecule has 0 radical (unpaired) electrons. The third kappa shape index (κ3) is 5.88. The van der Waals surface area contributed by atoms with E-state index in [1.165, 1.54) is 18.9 Å². The molecule has 0 atom stereocenters. The topological polar surface area (TPSA) is 94.1 Å². The number of carboxylic acids is 1. The quantitative estimate of drug-likeness (QED) is 0.671. The first-order valence-electron chi connectivity index (χ1n) is 9.61. The van der Waals surface area contributed by atoms with Crippen LogP contribution in [-0.4, -0.2) is 36.8 Å². The van der Waals surface area contributed by atoms with E-state index < -0.39 is 12.6 Å². The molecule has 1 aliphatic carbocycles. The van der Waals surface area contributed by atoms with E-state index in [0.717, 1.165) is 18.4 Å². The maximum atomic E-state index is 12.5. The third-order valence-corrected chi connectivity index (χ3v) is 4.74. The highest BCUT2D eigenvalue weighted by Gasteiger charge is 2.18. The van der Waals surface area contributed by atoms with Gasteiger partial charge in [-0.2, -0.15) is 0 Å². The number of aliphatic carboxylic acids is 1. The van der Waals surface area contributed by atoms with E-state index in [9.17, 15) is 9.59 Å². The van der Waals surface area contributed by atoms with Gasteiger partial charge in [0, 0.05) is 12.1 Å². The lowest BCUT2D eigenvalue weighted by atomic mass is 10.1. The minimum Gasteiger partial charge on any atom is -0.493 e. The highest BCUT2D eigenvalue weighted by molar-refractivity contribution is 5.94. The number of amides is 1. The lowest BCUT2D eigenvalue weighted by molar-refractivity contribution is -0.139. The highest BCUT2D eigenvalue weighted by atomic mass is 16.5. The molecule has 0 aromatic heterocycles. The van der Waals surface area contributed by atoms with Crippen LogP contribution in [0.4, 0.5) is 0 Å². The van der Waals surface area contributed by atoms with Crippen LogP contribution in [-0.2, 0) is 11.3 Å². The van der Waals surface area contributed by atoms with Crippen molar-refractivity contribution < 1.29 is 28.9 Å². The van der Waals surface area contributed by atoms with E-state index in [1.807, 2.05) is 18.2 Å². The number of methoxy groups -OCH3 is 1. The second-order valence-corrected chi connectivity index (χ2v) is 6.90. The maximum Gasteiger partial charge on any atom is 0.341 e. The molecule has 0 unspecified atom stereocenters. The van der Waals surface area contributed by atoms with Crippen LogP contribution in [0.5, 0.6) is 17.2 Å². The zero-order valence-electron chi connectivity index (χ0n) is 16.3. The maximum absolute atomic E-state index is 12.5. The Kier molecular flexibility index (Phi) is 6.94. The van der Waals surface area contributed by atoms with Crippen molar-refractivity contribution in [3.05, 3.63) is 53.6 Å². The van der Waals surface area contributed by atoms with Gasteiger partial charge >= 0.3 is 5.97 Å². The van der Waals surface area contributed by atoms with Gasteiger partial charge < -0.3 is 24.6 Å². The van der Waals surface area contributed by atoms with Gasteiger partial charge in [-0.15, -0.1) is 0 Å². The number of hydrogen-bond donors (Lipinski definition) is 2. The summed E-state index contributed by atoms with van der Waals surface area (Å²) in [6.07, 6.45) is 4.66. The monoisotopic (exact) mass is 399 g/mol. The Bertz CT molecular complexity index is 860. The van der Waals surface area contributed by atoms with Gasteiger partial charge in [0.05, 0.1) is 13.2 Å². The van der Waals surface area contributed by atoms with Crippen LogP contribution in [0.15, 0.2) is 42.5 Å². The average molecular weight is 399 g/mol. The Balaban J connectivity index is 1.62. The Hall–Kier alpha value is -3.22. The molecule has 2 aromatic rings. The van der Waals surface area contributed by atoms with E-state index in [4.69, 9.17) is 19.3 Å². The molecule has 1 fully saturated rings. The Morgan fingerprint density at radius 1 is 1.10 bits per heavy atom. The van der Waals surface area contributed by atoms with Crippen LogP contribution in [0, 0.1) is 0 Å². The van der Waals surface area contributed by atoms with E-state index in [1.54, 1.807) is 25.3 Å². The first kappa shape index (κ1) is 20.5. The minimum atomic E-state index is -1.07. The summed E-state index contributed by atoms with van der Waals surface area (Å²) in [6, 6.07) is 12.0. The number of nitrogens with one attached hydrogen (secondary N) is 1. The molecular weight excluding hydrogens is 374 g/mol. The van der Waals surface area contributed by atoms with E-state index in [2.05, 4.69) is 5.32 Å². The smallest absolute Gasteiger partial charge is 0.341 e. The molecule has 7 heteroatoms. The van der Waals surface area contributed by atoms with Crippen LogP contribution in [0.2, 0.25) is 0 Å². The molecule has 0 aliphatic heterocycles. The fourth-order valence-electron chi connectivity index (χ4n) is 3.27. The standard InChI is InChI=1S/C22H25NO6/c1-27-19-10-9-15(11-20(19)29-17-6-2-3-7-17)13-23-22(26)16-5-4-8-18(12-16)28-14-21(24)25/h4-5,8-12,17H,2-3,6-7,13-14H2,1H3,(H,23,26)(H,24,25). The van der Waals surface area contributed by atoms with Crippen LogP contribution in [0.3, 0.4) is 0 Å². The van der Waals surface area contributed by atoms with Crippen molar-refractivity contribution in [1.82, 2.24) is 5.32 Å². The molecule has 29 heavy (non-hydrogen) atoms. The SMILES string of the molecule is COc1ccc(CNC(=O)c2cccc(OCC(=O)O)c2)cc1OC1CCCC1. The van der Waals surface area contributed by atoms with E-state index in [0.29, 0.717) is 29.4 Å². The van der Waals surface area contributed by atoms with Gasteiger partial charge in [-0.1, -0.05) is 12.1 Å². The van der Waals surface area contributed by atoms with Crippen molar-refractivity contribution in [1.29, 1.82) is 0 Å². The predicted octanol–water partition coefficient (Wildman–Crippen LogP) is 3.41. The van der Waals surface area contributed by atoms with Gasteiger partial charge in [0.2, 0.25) is 0 Å². The summed E-state index contributed by atoms with van der Waals surface area (Å²) < 4.78 is 16.6. The number of carboxylic acid groups (broad SMARTS) is 1. The molecule has 7 nitrogen and oxygen atoms in total. The number of carbonyl (C=O) groups is 2. The van der Waals surface area contributed by atoms with Gasteiger partial charge in [-0.3, -0.25) is 4.79 Å². The Morgan fingerprint density at radius 2 is 1.90 bits per heavy atom. The summed E-state index contributed by atoms with van der Waals surface area (Å²) in [6.45, 7) is -0.134. The molecular formula is C22H25NO6. The van der Waals surface area contributed by atoms with Gasteiger partial charge in [0.1, 0.15) is 5.75 Å². The third-order valence-electron chi connectivity index (χ3n) is 4.74. The number of rotatable bonds is 9. The summed E-state index contributed by atoms with van der Waals surface area (Å²) in [5.74, 6) is 0.345. The second-order valence-electron chi connectivity index (χ2n) is 6.90. The summed E-state index contributed by atoms with van der Waals surface area (Å²) in [7, 11) is 1.61.